The molecule has 0 aromatic carbocycles. The second kappa shape index (κ2) is 4.12. The summed E-state index contributed by atoms with van der Waals surface area (Å²) in [5, 5.41) is 3.35. The quantitative estimate of drug-likeness (QED) is 0.763. The van der Waals surface area contributed by atoms with Crippen molar-refractivity contribution in [3.05, 3.63) is 0 Å². The lowest BCUT2D eigenvalue weighted by molar-refractivity contribution is -0.132. The van der Waals surface area contributed by atoms with Gasteiger partial charge in [0.1, 0.15) is 0 Å². The highest BCUT2D eigenvalue weighted by atomic mass is 16.2. The predicted molar refractivity (Wildman–Crippen MR) is 60.6 cm³/mol. The summed E-state index contributed by atoms with van der Waals surface area (Å²) >= 11 is 0. The van der Waals surface area contributed by atoms with E-state index in [-0.39, 0.29) is 5.91 Å². The number of carbonyl (C=O) groups excluding carboxylic acids is 1. The van der Waals surface area contributed by atoms with Crippen molar-refractivity contribution in [2.75, 3.05) is 19.6 Å². The minimum atomic E-state index is 0.259. The molecular formula is C12H22N2O. The summed E-state index contributed by atoms with van der Waals surface area (Å²) < 4.78 is 0. The van der Waals surface area contributed by atoms with Gasteiger partial charge in [-0.2, -0.15) is 0 Å². The third-order valence-corrected chi connectivity index (χ3v) is 3.81. The van der Waals surface area contributed by atoms with E-state index in [9.17, 15) is 4.79 Å². The van der Waals surface area contributed by atoms with Crippen LogP contribution in [-0.4, -0.2) is 36.5 Å². The monoisotopic (exact) mass is 210 g/mol. The summed E-state index contributed by atoms with van der Waals surface area (Å²) in [5.74, 6) is 0.259. The van der Waals surface area contributed by atoms with Crippen molar-refractivity contribution < 1.29 is 4.79 Å². The molecule has 0 spiro atoms. The average molecular weight is 210 g/mol. The zero-order valence-corrected chi connectivity index (χ0v) is 9.88. The molecule has 1 saturated carbocycles. The first kappa shape index (κ1) is 10.9. The van der Waals surface area contributed by atoms with Crippen LogP contribution in [-0.2, 0) is 4.79 Å². The standard InChI is InChI=1S/C12H22N2O/c1-10(15)14(9-12(2)5-6-12)11-3-7-13-8-4-11/h11,13H,3-9H2,1-2H3. The van der Waals surface area contributed by atoms with Gasteiger partial charge in [0.2, 0.25) is 5.91 Å². The highest BCUT2D eigenvalue weighted by molar-refractivity contribution is 5.73. The fraction of sp³-hybridized carbons (Fsp3) is 0.917. The van der Waals surface area contributed by atoms with Crippen LogP contribution in [0.2, 0.25) is 0 Å². The molecule has 0 bridgehead atoms. The Hall–Kier alpha value is -0.570. The molecule has 0 aromatic rings. The Morgan fingerprint density at radius 3 is 2.47 bits per heavy atom. The van der Waals surface area contributed by atoms with Crippen LogP contribution in [0.3, 0.4) is 0 Å². The van der Waals surface area contributed by atoms with Gasteiger partial charge in [0.05, 0.1) is 0 Å². The number of nitrogens with one attached hydrogen (secondary N) is 1. The van der Waals surface area contributed by atoms with Crippen molar-refractivity contribution in [2.45, 2.75) is 45.6 Å². The molecule has 3 nitrogen and oxygen atoms in total. The molecular weight excluding hydrogens is 188 g/mol. The van der Waals surface area contributed by atoms with Gasteiger partial charge in [-0.25, -0.2) is 0 Å². The Kier molecular flexibility index (Phi) is 3.01. The summed E-state index contributed by atoms with van der Waals surface area (Å²) in [6, 6.07) is 0.487. The Balaban J connectivity index is 1.95. The van der Waals surface area contributed by atoms with Crippen LogP contribution in [0.1, 0.15) is 39.5 Å². The number of hydrogen-bond acceptors (Lipinski definition) is 2. The van der Waals surface area contributed by atoms with Crippen LogP contribution >= 0.6 is 0 Å². The molecule has 2 fully saturated rings. The lowest BCUT2D eigenvalue weighted by Gasteiger charge is -2.35. The smallest absolute Gasteiger partial charge is 0.219 e. The van der Waals surface area contributed by atoms with Gasteiger partial charge in [0.15, 0.2) is 0 Å². The number of nitrogens with zero attached hydrogens (tertiary/aromatic N) is 1. The van der Waals surface area contributed by atoms with Crippen molar-refractivity contribution in [2.24, 2.45) is 5.41 Å². The molecule has 2 aliphatic rings. The van der Waals surface area contributed by atoms with Crippen molar-refractivity contribution in [3.63, 3.8) is 0 Å². The van der Waals surface area contributed by atoms with Gasteiger partial charge in [-0.1, -0.05) is 6.92 Å². The number of piperidine rings is 1. The largest absolute Gasteiger partial charge is 0.339 e. The third-order valence-electron chi connectivity index (χ3n) is 3.81. The Labute approximate surface area is 92.2 Å². The zero-order valence-electron chi connectivity index (χ0n) is 9.88. The Morgan fingerprint density at radius 2 is 2.00 bits per heavy atom. The van der Waals surface area contributed by atoms with Gasteiger partial charge < -0.3 is 10.2 Å². The Morgan fingerprint density at radius 1 is 1.40 bits per heavy atom. The minimum absolute atomic E-state index is 0.259. The number of carbonyl (C=O) groups is 1. The van der Waals surface area contributed by atoms with E-state index in [1.54, 1.807) is 6.92 Å². The molecule has 0 unspecified atom stereocenters. The van der Waals surface area contributed by atoms with Gasteiger partial charge in [-0.15, -0.1) is 0 Å². The molecule has 86 valence electrons. The predicted octanol–water partition coefficient (Wildman–Crippen LogP) is 1.39. The SMILES string of the molecule is CC(=O)N(CC1(C)CC1)C1CCNCC1. The van der Waals surface area contributed by atoms with Gasteiger partial charge in [-0.05, 0) is 44.2 Å². The second-order valence-electron chi connectivity index (χ2n) is 5.44. The van der Waals surface area contributed by atoms with Crippen LogP contribution in [0.25, 0.3) is 0 Å². The van der Waals surface area contributed by atoms with Crippen LogP contribution in [0.5, 0.6) is 0 Å². The number of hydrogen-bond donors (Lipinski definition) is 1. The fourth-order valence-electron chi connectivity index (χ4n) is 2.40. The molecule has 1 aliphatic heterocycles. The van der Waals surface area contributed by atoms with Gasteiger partial charge in [0.25, 0.3) is 0 Å². The van der Waals surface area contributed by atoms with E-state index < -0.39 is 0 Å². The topological polar surface area (TPSA) is 32.3 Å². The molecule has 0 atom stereocenters. The van der Waals surface area contributed by atoms with Crippen LogP contribution in [0.4, 0.5) is 0 Å². The minimum Gasteiger partial charge on any atom is -0.339 e. The molecule has 2 rings (SSSR count). The maximum atomic E-state index is 11.7. The van der Waals surface area contributed by atoms with Gasteiger partial charge in [0, 0.05) is 19.5 Å². The first-order valence-electron chi connectivity index (χ1n) is 6.09. The highest BCUT2D eigenvalue weighted by Crippen LogP contribution is 2.46. The van der Waals surface area contributed by atoms with E-state index in [2.05, 4.69) is 17.1 Å². The maximum absolute atomic E-state index is 11.7. The van der Waals surface area contributed by atoms with E-state index in [1.807, 2.05) is 0 Å². The van der Waals surface area contributed by atoms with E-state index in [1.165, 1.54) is 12.8 Å². The molecule has 0 radical (unpaired) electrons. The van der Waals surface area contributed by atoms with Crippen LogP contribution < -0.4 is 5.32 Å². The van der Waals surface area contributed by atoms with Gasteiger partial charge >= 0.3 is 0 Å². The molecule has 0 aromatic heterocycles. The van der Waals surface area contributed by atoms with E-state index >= 15 is 0 Å². The number of amides is 1. The van der Waals surface area contributed by atoms with E-state index in [0.717, 1.165) is 32.5 Å². The molecule has 15 heavy (non-hydrogen) atoms. The molecule has 3 heteroatoms. The zero-order chi connectivity index (χ0) is 10.9. The molecule has 1 heterocycles. The summed E-state index contributed by atoms with van der Waals surface area (Å²) in [6.45, 7) is 7.11. The lowest BCUT2D eigenvalue weighted by Crippen LogP contribution is -2.47. The fourth-order valence-corrected chi connectivity index (χ4v) is 2.40. The highest BCUT2D eigenvalue weighted by Gasteiger charge is 2.40. The lowest BCUT2D eigenvalue weighted by atomic mass is 10.0. The van der Waals surface area contributed by atoms with Crippen LogP contribution in [0.15, 0.2) is 0 Å². The van der Waals surface area contributed by atoms with Crippen LogP contribution in [0, 0.1) is 5.41 Å². The van der Waals surface area contributed by atoms with Crippen molar-refractivity contribution in [3.8, 4) is 0 Å². The van der Waals surface area contributed by atoms with Crippen molar-refractivity contribution in [1.82, 2.24) is 10.2 Å². The average Bonchev–Trinajstić information content (AvgIpc) is 2.95. The summed E-state index contributed by atoms with van der Waals surface area (Å²) in [6.07, 6.45) is 4.83. The Bertz CT molecular complexity index is 242. The first-order valence-corrected chi connectivity index (χ1v) is 6.09. The summed E-state index contributed by atoms with van der Waals surface area (Å²) in [4.78, 5) is 13.8. The molecule has 1 aliphatic carbocycles. The molecule has 1 N–H and O–H groups in total. The van der Waals surface area contributed by atoms with Crippen molar-refractivity contribution >= 4 is 5.91 Å². The first-order chi connectivity index (χ1) is 7.11. The van der Waals surface area contributed by atoms with Crippen molar-refractivity contribution in [1.29, 1.82) is 0 Å². The summed E-state index contributed by atoms with van der Waals surface area (Å²) in [5.41, 5.74) is 0.441. The third kappa shape index (κ3) is 2.71. The number of rotatable bonds is 3. The second-order valence-corrected chi connectivity index (χ2v) is 5.44. The van der Waals surface area contributed by atoms with E-state index in [0.29, 0.717) is 11.5 Å². The maximum Gasteiger partial charge on any atom is 0.219 e. The van der Waals surface area contributed by atoms with Gasteiger partial charge in [-0.3, -0.25) is 4.79 Å². The van der Waals surface area contributed by atoms with E-state index in [4.69, 9.17) is 0 Å². The normalized spacial score (nSPS) is 24.9. The summed E-state index contributed by atoms with van der Waals surface area (Å²) in [7, 11) is 0. The molecule has 1 amide bonds. The molecule has 1 saturated heterocycles.